The summed E-state index contributed by atoms with van der Waals surface area (Å²) in [6.07, 6.45) is 0.980. The van der Waals surface area contributed by atoms with Crippen LogP contribution in [0.3, 0.4) is 0 Å². The van der Waals surface area contributed by atoms with Crippen LogP contribution in [-0.4, -0.2) is 63.2 Å². The largest absolute Gasteiger partial charge is 0.394 e. The van der Waals surface area contributed by atoms with Gasteiger partial charge in [0.2, 0.25) is 17.7 Å². The molecule has 8 heteroatoms. The number of ether oxygens (including phenoxy) is 1. The van der Waals surface area contributed by atoms with Gasteiger partial charge < -0.3 is 25.4 Å². The molecule has 0 aromatic heterocycles. The molecule has 1 aromatic rings. The zero-order valence-electron chi connectivity index (χ0n) is 20.9. The Kier molecular flexibility index (Phi) is 6.05. The number of aliphatic hydroxyl groups excluding tert-OH is 1. The summed E-state index contributed by atoms with van der Waals surface area (Å²) in [6, 6.07) is 7.68. The molecule has 3 aliphatic heterocycles. The van der Waals surface area contributed by atoms with E-state index in [0.29, 0.717) is 18.5 Å². The minimum Gasteiger partial charge on any atom is -0.394 e. The van der Waals surface area contributed by atoms with E-state index in [-0.39, 0.29) is 30.2 Å². The monoisotopic (exact) mass is 471 g/mol. The highest BCUT2D eigenvalue weighted by atomic mass is 16.5. The number of hydrogen-bond acceptors (Lipinski definition) is 5. The number of hydrogen-bond donors (Lipinski definition) is 3. The van der Waals surface area contributed by atoms with Crippen molar-refractivity contribution in [3.05, 3.63) is 30.3 Å². The lowest BCUT2D eigenvalue weighted by atomic mass is 9.62. The second-order valence-electron chi connectivity index (χ2n) is 11.3. The maximum atomic E-state index is 14.0. The Morgan fingerprint density at radius 2 is 1.88 bits per heavy atom. The van der Waals surface area contributed by atoms with Crippen LogP contribution < -0.4 is 10.6 Å². The van der Waals surface area contributed by atoms with Crippen molar-refractivity contribution < 1.29 is 24.2 Å². The van der Waals surface area contributed by atoms with Gasteiger partial charge in [-0.3, -0.25) is 14.4 Å². The van der Waals surface area contributed by atoms with Crippen LogP contribution in [0.5, 0.6) is 0 Å². The summed E-state index contributed by atoms with van der Waals surface area (Å²) >= 11 is 0. The van der Waals surface area contributed by atoms with Gasteiger partial charge in [0.1, 0.15) is 11.6 Å². The normalized spacial score (nSPS) is 35.3. The summed E-state index contributed by atoms with van der Waals surface area (Å²) < 4.78 is 6.68. The van der Waals surface area contributed by atoms with Crippen LogP contribution in [0, 0.1) is 17.8 Å². The van der Waals surface area contributed by atoms with Crippen molar-refractivity contribution in [2.45, 2.75) is 83.2 Å². The summed E-state index contributed by atoms with van der Waals surface area (Å²) in [5.74, 6) is -2.48. The van der Waals surface area contributed by atoms with Gasteiger partial charge in [-0.2, -0.15) is 0 Å². The van der Waals surface area contributed by atoms with Gasteiger partial charge in [0.25, 0.3) is 0 Å². The van der Waals surface area contributed by atoms with Crippen LogP contribution in [0.4, 0.5) is 5.69 Å². The second-order valence-corrected chi connectivity index (χ2v) is 11.3. The molecule has 3 saturated heterocycles. The first-order valence-corrected chi connectivity index (χ1v) is 12.2. The van der Waals surface area contributed by atoms with E-state index in [1.54, 1.807) is 12.1 Å². The zero-order valence-corrected chi connectivity index (χ0v) is 20.9. The fraction of sp³-hybridized carbons (Fsp3) is 0.654. The molecule has 3 aliphatic rings. The number of amides is 3. The molecule has 2 bridgehead atoms. The summed E-state index contributed by atoms with van der Waals surface area (Å²) in [5.41, 5.74) is -1.88. The highest BCUT2D eigenvalue weighted by Crippen LogP contribution is 2.65. The highest BCUT2D eigenvalue weighted by Gasteiger charge is 2.80. The summed E-state index contributed by atoms with van der Waals surface area (Å²) in [6.45, 7) is 11.2. The topological polar surface area (TPSA) is 108 Å². The minimum absolute atomic E-state index is 0.0397. The van der Waals surface area contributed by atoms with E-state index < -0.39 is 40.7 Å². The van der Waals surface area contributed by atoms with E-state index in [2.05, 4.69) is 10.6 Å². The Hall–Kier alpha value is -2.45. The molecule has 7 atom stereocenters. The Bertz CT molecular complexity index is 972. The van der Waals surface area contributed by atoms with Gasteiger partial charge in [-0.15, -0.1) is 0 Å². The molecule has 3 amide bonds. The number of rotatable bonds is 6. The molecular weight excluding hydrogens is 434 g/mol. The van der Waals surface area contributed by atoms with E-state index in [9.17, 15) is 19.5 Å². The molecule has 0 saturated carbocycles. The Morgan fingerprint density at radius 3 is 2.44 bits per heavy atom. The first-order valence-electron chi connectivity index (χ1n) is 12.2. The van der Waals surface area contributed by atoms with Gasteiger partial charge in [0.05, 0.1) is 30.1 Å². The van der Waals surface area contributed by atoms with Gasteiger partial charge in [-0.25, -0.2) is 0 Å². The highest BCUT2D eigenvalue weighted by molar-refractivity contribution is 6.02. The predicted octanol–water partition coefficient (Wildman–Crippen LogP) is 2.32. The second kappa shape index (κ2) is 8.34. The van der Waals surface area contributed by atoms with Gasteiger partial charge in [-0.05, 0) is 58.6 Å². The van der Waals surface area contributed by atoms with Crippen molar-refractivity contribution >= 4 is 23.4 Å². The smallest absolute Gasteiger partial charge is 0.246 e. The van der Waals surface area contributed by atoms with E-state index in [1.807, 2.05) is 59.7 Å². The third kappa shape index (κ3) is 3.62. The van der Waals surface area contributed by atoms with Crippen LogP contribution in [0.25, 0.3) is 0 Å². The lowest BCUT2D eigenvalue weighted by molar-refractivity contribution is -0.150. The molecule has 3 heterocycles. The number of carbonyl (C=O) groups is 3. The third-order valence-corrected chi connectivity index (χ3v) is 7.90. The van der Waals surface area contributed by atoms with Crippen LogP contribution in [0.15, 0.2) is 30.3 Å². The van der Waals surface area contributed by atoms with Crippen LogP contribution >= 0.6 is 0 Å². The molecule has 3 N–H and O–H groups in total. The molecule has 1 aromatic carbocycles. The Balaban J connectivity index is 1.79. The number of likely N-dealkylation sites (tertiary alicyclic amines) is 1. The SMILES string of the molecule is CC[C@@H](CO)N1C(=O)[C@@H]2[C@@H](C(=O)Nc3ccccc3)[C@]3(C)OC2(CC3C)C1C(=O)NC(C)(C)C. The number of aliphatic hydroxyl groups is 1. The van der Waals surface area contributed by atoms with Crippen molar-refractivity contribution in [2.75, 3.05) is 11.9 Å². The van der Waals surface area contributed by atoms with Crippen LogP contribution in [0.1, 0.15) is 54.4 Å². The van der Waals surface area contributed by atoms with Crippen molar-refractivity contribution in [3.63, 3.8) is 0 Å². The summed E-state index contributed by atoms with van der Waals surface area (Å²) in [4.78, 5) is 42.8. The molecule has 186 valence electrons. The van der Waals surface area contributed by atoms with E-state index >= 15 is 0 Å². The quantitative estimate of drug-likeness (QED) is 0.590. The summed E-state index contributed by atoms with van der Waals surface area (Å²) in [7, 11) is 0. The van der Waals surface area contributed by atoms with E-state index in [1.165, 1.54) is 4.90 Å². The maximum Gasteiger partial charge on any atom is 0.246 e. The number of nitrogens with zero attached hydrogens (tertiary/aromatic N) is 1. The molecule has 3 fully saturated rings. The molecule has 3 unspecified atom stereocenters. The molecule has 4 rings (SSSR count). The van der Waals surface area contributed by atoms with Crippen molar-refractivity contribution in [1.29, 1.82) is 0 Å². The fourth-order valence-electron chi connectivity index (χ4n) is 6.36. The van der Waals surface area contributed by atoms with E-state index in [4.69, 9.17) is 4.74 Å². The Morgan fingerprint density at radius 1 is 1.24 bits per heavy atom. The predicted molar refractivity (Wildman–Crippen MR) is 128 cm³/mol. The Labute approximate surface area is 201 Å². The number of nitrogens with one attached hydrogen (secondary N) is 2. The van der Waals surface area contributed by atoms with Gasteiger partial charge in [-0.1, -0.05) is 32.0 Å². The van der Waals surface area contributed by atoms with Crippen molar-refractivity contribution in [1.82, 2.24) is 10.2 Å². The van der Waals surface area contributed by atoms with Gasteiger partial charge in [0.15, 0.2) is 0 Å². The number of anilines is 1. The summed E-state index contributed by atoms with van der Waals surface area (Å²) in [5, 5.41) is 16.1. The number of carbonyl (C=O) groups excluding carboxylic acids is 3. The van der Waals surface area contributed by atoms with Gasteiger partial charge in [0, 0.05) is 11.2 Å². The molecular formula is C26H37N3O5. The lowest BCUT2D eigenvalue weighted by Gasteiger charge is -2.38. The van der Waals surface area contributed by atoms with Crippen molar-refractivity contribution in [2.24, 2.45) is 17.8 Å². The van der Waals surface area contributed by atoms with E-state index in [0.717, 1.165) is 0 Å². The fourth-order valence-corrected chi connectivity index (χ4v) is 6.36. The first kappa shape index (κ1) is 24.7. The molecule has 34 heavy (non-hydrogen) atoms. The number of para-hydroxylation sites is 1. The maximum absolute atomic E-state index is 14.0. The number of benzene rings is 1. The molecule has 0 radical (unpaired) electrons. The lowest BCUT2D eigenvalue weighted by Crippen LogP contribution is -2.60. The average Bonchev–Trinajstić information content (AvgIpc) is 3.26. The number of fused-ring (bicyclic) bond motifs is 1. The third-order valence-electron chi connectivity index (χ3n) is 7.90. The van der Waals surface area contributed by atoms with Crippen molar-refractivity contribution in [3.8, 4) is 0 Å². The zero-order chi connectivity index (χ0) is 25.1. The van der Waals surface area contributed by atoms with Gasteiger partial charge >= 0.3 is 0 Å². The molecule has 1 spiro atoms. The average molecular weight is 472 g/mol. The van der Waals surface area contributed by atoms with Crippen LogP contribution in [-0.2, 0) is 19.1 Å². The standard InChI is InChI=1S/C26H37N3O5/c1-7-17(14-30)29-20(22(32)28-24(3,4)5)26-13-15(2)25(6,34-26)18(19(26)23(29)33)21(31)27-16-11-9-8-10-12-16/h8-12,15,17-20,30H,7,13-14H2,1-6H3,(H,27,31)(H,28,32)/t15?,17-,18-,19-,20?,25+,26?/m0/s1. The molecule has 8 nitrogen and oxygen atoms in total. The minimum atomic E-state index is -1.12. The molecule has 0 aliphatic carbocycles. The van der Waals surface area contributed by atoms with Crippen LogP contribution in [0.2, 0.25) is 0 Å². The first-order chi connectivity index (χ1) is 15.9.